The highest BCUT2D eigenvalue weighted by Gasteiger charge is 2.19. The van der Waals surface area contributed by atoms with E-state index in [9.17, 15) is 4.79 Å². The Hall–Kier alpha value is -2.66. The number of pyridine rings is 1. The molecule has 0 spiro atoms. The van der Waals surface area contributed by atoms with Crippen LogP contribution < -0.4 is 4.74 Å². The number of aromatic nitrogens is 3. The van der Waals surface area contributed by atoms with Crippen molar-refractivity contribution in [3.05, 3.63) is 71.0 Å². The van der Waals surface area contributed by atoms with Crippen LogP contribution in [0, 0.1) is 0 Å². The molecule has 6 heteroatoms. The molecule has 3 aromatic rings. The van der Waals surface area contributed by atoms with Gasteiger partial charge < -0.3 is 4.74 Å². The van der Waals surface area contributed by atoms with E-state index in [4.69, 9.17) is 16.3 Å². The fraction of sp³-hybridized carbons (Fsp3) is 0.118. The number of benzene rings is 1. The van der Waals surface area contributed by atoms with E-state index < -0.39 is 0 Å². The van der Waals surface area contributed by atoms with Gasteiger partial charge >= 0.3 is 0 Å². The second-order valence-corrected chi connectivity index (χ2v) is 5.17. The van der Waals surface area contributed by atoms with Crippen molar-refractivity contribution in [1.29, 1.82) is 0 Å². The summed E-state index contributed by atoms with van der Waals surface area (Å²) in [7, 11) is 0. The molecule has 0 aliphatic heterocycles. The van der Waals surface area contributed by atoms with E-state index in [-0.39, 0.29) is 5.78 Å². The summed E-state index contributed by atoms with van der Waals surface area (Å²) in [5.41, 5.74) is 0.906. The van der Waals surface area contributed by atoms with Crippen LogP contribution in [0.1, 0.15) is 23.0 Å². The standard InChI is InChI=1S/C17H14ClN3O2/c1-2-23-16-11-14(17(22)12-6-8-13(18)9-7-12)21(20-16)15-5-3-4-10-19-15/h3-11H,2H2,1H3. The molecule has 0 saturated heterocycles. The summed E-state index contributed by atoms with van der Waals surface area (Å²) in [6, 6.07) is 13.8. The Labute approximate surface area is 138 Å². The summed E-state index contributed by atoms with van der Waals surface area (Å²) in [4.78, 5) is 17.0. The van der Waals surface area contributed by atoms with Crippen LogP contribution in [0.3, 0.4) is 0 Å². The highest BCUT2D eigenvalue weighted by atomic mass is 35.5. The number of carbonyl (C=O) groups excluding carboxylic acids is 1. The van der Waals surface area contributed by atoms with Crippen LogP contribution in [-0.4, -0.2) is 27.2 Å². The Morgan fingerprint density at radius 3 is 2.65 bits per heavy atom. The van der Waals surface area contributed by atoms with Crippen LogP contribution in [0.15, 0.2) is 54.7 Å². The van der Waals surface area contributed by atoms with E-state index >= 15 is 0 Å². The molecule has 0 fully saturated rings. The molecule has 0 aliphatic rings. The van der Waals surface area contributed by atoms with Gasteiger partial charge in [-0.25, -0.2) is 9.67 Å². The third kappa shape index (κ3) is 3.24. The maximum Gasteiger partial charge on any atom is 0.234 e. The van der Waals surface area contributed by atoms with Crippen LogP contribution >= 0.6 is 11.6 Å². The van der Waals surface area contributed by atoms with E-state index in [1.807, 2.05) is 13.0 Å². The number of hydrogen-bond donors (Lipinski definition) is 0. The maximum absolute atomic E-state index is 12.8. The van der Waals surface area contributed by atoms with E-state index in [0.29, 0.717) is 34.6 Å². The van der Waals surface area contributed by atoms with Crippen molar-refractivity contribution in [2.75, 3.05) is 6.61 Å². The number of carbonyl (C=O) groups is 1. The van der Waals surface area contributed by atoms with Gasteiger partial charge in [-0.3, -0.25) is 4.79 Å². The molecule has 5 nitrogen and oxygen atoms in total. The maximum atomic E-state index is 12.8. The van der Waals surface area contributed by atoms with Crippen LogP contribution in [0.4, 0.5) is 0 Å². The van der Waals surface area contributed by atoms with Gasteiger partial charge in [-0.2, -0.15) is 0 Å². The molecule has 116 valence electrons. The van der Waals surface area contributed by atoms with E-state index in [2.05, 4.69) is 10.1 Å². The first kappa shape index (κ1) is 15.2. The molecule has 0 N–H and O–H groups in total. The lowest BCUT2D eigenvalue weighted by Gasteiger charge is -2.05. The highest BCUT2D eigenvalue weighted by molar-refractivity contribution is 6.30. The predicted molar refractivity (Wildman–Crippen MR) is 87.4 cm³/mol. The molecule has 0 bridgehead atoms. The summed E-state index contributed by atoms with van der Waals surface area (Å²) in [5.74, 6) is 0.761. The van der Waals surface area contributed by atoms with Gasteiger partial charge in [0.25, 0.3) is 0 Å². The zero-order valence-electron chi connectivity index (χ0n) is 12.4. The minimum atomic E-state index is -0.175. The zero-order valence-corrected chi connectivity index (χ0v) is 13.2. The van der Waals surface area contributed by atoms with Crippen LogP contribution in [0.25, 0.3) is 5.82 Å². The minimum absolute atomic E-state index is 0.175. The number of rotatable bonds is 5. The van der Waals surface area contributed by atoms with E-state index in [1.165, 1.54) is 4.68 Å². The van der Waals surface area contributed by atoms with Gasteiger partial charge in [0.15, 0.2) is 5.82 Å². The minimum Gasteiger partial charge on any atom is -0.477 e. The quantitative estimate of drug-likeness (QED) is 0.672. The molecule has 3 rings (SSSR count). The molecule has 23 heavy (non-hydrogen) atoms. The third-order valence-electron chi connectivity index (χ3n) is 3.18. The molecule has 0 atom stereocenters. The smallest absolute Gasteiger partial charge is 0.234 e. The van der Waals surface area contributed by atoms with Crippen molar-refractivity contribution in [3.8, 4) is 11.7 Å². The Kier molecular flexibility index (Phi) is 4.39. The second kappa shape index (κ2) is 6.62. The number of hydrogen-bond acceptors (Lipinski definition) is 4. The Morgan fingerprint density at radius 1 is 1.22 bits per heavy atom. The number of ether oxygens (including phenoxy) is 1. The van der Waals surface area contributed by atoms with Gasteiger partial charge in [-0.15, -0.1) is 5.10 Å². The molecule has 0 unspecified atom stereocenters. The van der Waals surface area contributed by atoms with Crippen LogP contribution in [0.2, 0.25) is 5.02 Å². The number of nitrogens with zero attached hydrogens (tertiary/aromatic N) is 3. The Bertz CT molecular complexity index is 814. The van der Waals surface area contributed by atoms with Crippen molar-refractivity contribution in [1.82, 2.24) is 14.8 Å². The van der Waals surface area contributed by atoms with Crippen molar-refractivity contribution in [2.24, 2.45) is 0 Å². The van der Waals surface area contributed by atoms with Gasteiger partial charge in [0, 0.05) is 22.8 Å². The fourth-order valence-electron chi connectivity index (χ4n) is 2.14. The van der Waals surface area contributed by atoms with Crippen molar-refractivity contribution < 1.29 is 9.53 Å². The largest absolute Gasteiger partial charge is 0.477 e. The molecule has 0 amide bonds. The zero-order chi connectivity index (χ0) is 16.2. The average molecular weight is 328 g/mol. The third-order valence-corrected chi connectivity index (χ3v) is 3.44. The first-order valence-corrected chi connectivity index (χ1v) is 7.51. The molecular formula is C17H14ClN3O2. The molecule has 2 aromatic heterocycles. The lowest BCUT2D eigenvalue weighted by molar-refractivity contribution is 0.103. The average Bonchev–Trinajstić information content (AvgIpc) is 3.00. The lowest BCUT2D eigenvalue weighted by atomic mass is 10.1. The van der Waals surface area contributed by atoms with Crippen molar-refractivity contribution in [3.63, 3.8) is 0 Å². The summed E-state index contributed by atoms with van der Waals surface area (Å²) in [6.45, 7) is 2.33. The molecular weight excluding hydrogens is 314 g/mol. The molecule has 0 aliphatic carbocycles. The van der Waals surface area contributed by atoms with Gasteiger partial charge in [0.05, 0.1) is 6.61 Å². The van der Waals surface area contributed by atoms with E-state index in [0.717, 1.165) is 0 Å². The second-order valence-electron chi connectivity index (χ2n) is 4.74. The normalized spacial score (nSPS) is 10.5. The first-order chi connectivity index (χ1) is 11.2. The SMILES string of the molecule is CCOc1cc(C(=O)c2ccc(Cl)cc2)n(-c2ccccn2)n1. The summed E-state index contributed by atoms with van der Waals surface area (Å²) < 4.78 is 6.91. The van der Waals surface area contributed by atoms with Gasteiger partial charge in [0.1, 0.15) is 5.69 Å². The monoisotopic (exact) mass is 327 g/mol. The van der Waals surface area contributed by atoms with Crippen LogP contribution in [0.5, 0.6) is 5.88 Å². The van der Waals surface area contributed by atoms with E-state index in [1.54, 1.807) is 48.7 Å². The van der Waals surface area contributed by atoms with Crippen molar-refractivity contribution >= 4 is 17.4 Å². The number of ketones is 1. The van der Waals surface area contributed by atoms with Gasteiger partial charge in [0.2, 0.25) is 11.7 Å². The molecule has 0 saturated carbocycles. The fourth-order valence-corrected chi connectivity index (χ4v) is 2.27. The Balaban J connectivity index is 2.06. The Morgan fingerprint density at radius 2 is 2.00 bits per heavy atom. The summed E-state index contributed by atoms with van der Waals surface area (Å²) in [6.07, 6.45) is 1.65. The summed E-state index contributed by atoms with van der Waals surface area (Å²) in [5, 5.41) is 4.90. The molecule has 1 aromatic carbocycles. The van der Waals surface area contributed by atoms with Gasteiger partial charge in [-0.1, -0.05) is 17.7 Å². The topological polar surface area (TPSA) is 57.0 Å². The highest BCUT2D eigenvalue weighted by Crippen LogP contribution is 2.20. The van der Waals surface area contributed by atoms with Crippen molar-refractivity contribution in [2.45, 2.75) is 6.92 Å². The molecule has 2 heterocycles. The lowest BCUT2D eigenvalue weighted by Crippen LogP contribution is -2.11. The first-order valence-electron chi connectivity index (χ1n) is 7.13. The predicted octanol–water partition coefficient (Wildman–Crippen LogP) is 3.55. The van der Waals surface area contributed by atoms with Crippen LogP contribution in [-0.2, 0) is 0 Å². The summed E-state index contributed by atoms with van der Waals surface area (Å²) >= 11 is 5.88. The number of halogens is 1. The van der Waals surface area contributed by atoms with Gasteiger partial charge in [-0.05, 0) is 43.3 Å². The molecule has 0 radical (unpaired) electrons.